The lowest BCUT2D eigenvalue weighted by Crippen LogP contribution is -2.15. The molecule has 0 aliphatic carbocycles. The standard InChI is InChI=1S/C19H14O5/c1-9-5-10(2)16-15(6-9)24-19(20)17-11-7-13-14(22-4-3-21-13)8-12(11)23-18(16)17/h5-8H,3-4H2,1-2H3. The van der Waals surface area contributed by atoms with E-state index in [1.165, 1.54) is 0 Å². The molecule has 0 atom stereocenters. The zero-order valence-electron chi connectivity index (χ0n) is 13.3. The minimum Gasteiger partial charge on any atom is -0.486 e. The first kappa shape index (κ1) is 13.5. The van der Waals surface area contributed by atoms with Gasteiger partial charge in [-0.25, -0.2) is 4.79 Å². The second-order valence-corrected chi connectivity index (χ2v) is 6.14. The van der Waals surface area contributed by atoms with Gasteiger partial charge in [-0.3, -0.25) is 0 Å². The van der Waals surface area contributed by atoms with E-state index in [0.29, 0.717) is 52.2 Å². The van der Waals surface area contributed by atoms with Gasteiger partial charge in [-0.1, -0.05) is 6.07 Å². The van der Waals surface area contributed by atoms with Crippen LogP contribution < -0.4 is 15.1 Å². The van der Waals surface area contributed by atoms with Crippen molar-refractivity contribution in [3.63, 3.8) is 0 Å². The van der Waals surface area contributed by atoms with E-state index in [-0.39, 0.29) is 0 Å². The van der Waals surface area contributed by atoms with E-state index in [2.05, 4.69) is 0 Å². The highest BCUT2D eigenvalue weighted by Crippen LogP contribution is 2.40. The van der Waals surface area contributed by atoms with Crippen LogP contribution in [-0.2, 0) is 0 Å². The largest absolute Gasteiger partial charge is 0.486 e. The van der Waals surface area contributed by atoms with Gasteiger partial charge < -0.3 is 18.3 Å². The van der Waals surface area contributed by atoms with Crippen molar-refractivity contribution in [3.8, 4) is 11.5 Å². The molecule has 5 heteroatoms. The fourth-order valence-corrected chi connectivity index (χ4v) is 3.46. The van der Waals surface area contributed by atoms with Gasteiger partial charge in [-0.05, 0) is 37.1 Å². The molecule has 0 saturated heterocycles. The lowest BCUT2D eigenvalue weighted by molar-refractivity contribution is 0.172. The third kappa shape index (κ3) is 1.72. The van der Waals surface area contributed by atoms with E-state index in [1.807, 2.05) is 26.0 Å². The van der Waals surface area contributed by atoms with Crippen LogP contribution in [0.1, 0.15) is 11.1 Å². The van der Waals surface area contributed by atoms with Gasteiger partial charge in [-0.2, -0.15) is 0 Å². The molecule has 3 heterocycles. The van der Waals surface area contributed by atoms with Crippen molar-refractivity contribution < 1.29 is 18.3 Å². The average molecular weight is 322 g/mol. The Morgan fingerprint density at radius 1 is 0.833 bits per heavy atom. The molecule has 24 heavy (non-hydrogen) atoms. The summed E-state index contributed by atoms with van der Waals surface area (Å²) in [5.74, 6) is 1.26. The van der Waals surface area contributed by atoms with Crippen LogP contribution in [0.4, 0.5) is 0 Å². The first-order valence-electron chi connectivity index (χ1n) is 7.82. The van der Waals surface area contributed by atoms with Gasteiger partial charge in [0.15, 0.2) is 17.1 Å². The third-order valence-corrected chi connectivity index (χ3v) is 4.43. The molecule has 0 saturated carbocycles. The van der Waals surface area contributed by atoms with Crippen molar-refractivity contribution in [1.29, 1.82) is 0 Å². The van der Waals surface area contributed by atoms with E-state index < -0.39 is 5.63 Å². The topological polar surface area (TPSA) is 61.8 Å². The SMILES string of the molecule is Cc1cc(C)c2c(c1)oc(=O)c1c3cc4c(cc3oc21)OCCO4. The molecule has 0 amide bonds. The minimum atomic E-state index is -0.405. The highest BCUT2D eigenvalue weighted by molar-refractivity contribution is 6.14. The monoisotopic (exact) mass is 322 g/mol. The van der Waals surface area contributed by atoms with Crippen LogP contribution in [0.5, 0.6) is 11.5 Å². The van der Waals surface area contributed by atoms with E-state index in [4.69, 9.17) is 18.3 Å². The number of fused-ring (bicyclic) bond motifs is 6. The number of aryl methyl sites for hydroxylation is 2. The number of hydrogen-bond donors (Lipinski definition) is 0. The Balaban J connectivity index is 2.00. The summed E-state index contributed by atoms with van der Waals surface area (Å²) in [6.45, 7) is 4.95. The second-order valence-electron chi connectivity index (χ2n) is 6.14. The number of benzene rings is 2. The summed E-state index contributed by atoms with van der Waals surface area (Å²) in [5, 5.41) is 1.96. The third-order valence-electron chi connectivity index (χ3n) is 4.43. The molecule has 120 valence electrons. The normalized spacial score (nSPS) is 13.9. The molecule has 0 bridgehead atoms. The van der Waals surface area contributed by atoms with Crippen molar-refractivity contribution in [1.82, 2.24) is 0 Å². The van der Waals surface area contributed by atoms with Gasteiger partial charge in [-0.15, -0.1) is 0 Å². The van der Waals surface area contributed by atoms with Gasteiger partial charge in [0, 0.05) is 11.5 Å². The van der Waals surface area contributed by atoms with Gasteiger partial charge in [0.2, 0.25) is 0 Å². The van der Waals surface area contributed by atoms with Crippen molar-refractivity contribution in [2.24, 2.45) is 0 Å². The Bertz CT molecular complexity index is 1200. The Morgan fingerprint density at radius 2 is 1.58 bits per heavy atom. The number of rotatable bonds is 0. The summed E-state index contributed by atoms with van der Waals surface area (Å²) in [5.41, 5.74) is 3.33. The summed E-state index contributed by atoms with van der Waals surface area (Å²) in [6.07, 6.45) is 0. The molecule has 0 spiro atoms. The predicted molar refractivity (Wildman–Crippen MR) is 90.2 cm³/mol. The maximum absolute atomic E-state index is 12.6. The number of hydrogen-bond acceptors (Lipinski definition) is 5. The van der Waals surface area contributed by atoms with E-state index in [9.17, 15) is 4.79 Å². The molecule has 1 aliphatic rings. The van der Waals surface area contributed by atoms with Gasteiger partial charge in [0.1, 0.15) is 29.8 Å². The molecule has 1 aliphatic heterocycles. The Labute approximate surface area is 136 Å². The minimum absolute atomic E-state index is 0.405. The van der Waals surface area contributed by atoms with Crippen molar-refractivity contribution in [2.75, 3.05) is 13.2 Å². The highest BCUT2D eigenvalue weighted by Gasteiger charge is 2.21. The van der Waals surface area contributed by atoms with E-state index >= 15 is 0 Å². The number of ether oxygens (including phenoxy) is 2. The molecule has 0 N–H and O–H groups in total. The molecule has 2 aromatic heterocycles. The lowest BCUT2D eigenvalue weighted by Gasteiger charge is -2.17. The maximum Gasteiger partial charge on any atom is 0.348 e. The van der Waals surface area contributed by atoms with Gasteiger partial charge >= 0.3 is 5.63 Å². The fraction of sp³-hybridized carbons (Fsp3) is 0.211. The summed E-state index contributed by atoms with van der Waals surface area (Å²) >= 11 is 0. The molecule has 0 radical (unpaired) electrons. The highest BCUT2D eigenvalue weighted by atomic mass is 16.6. The lowest BCUT2D eigenvalue weighted by atomic mass is 10.0. The first-order chi connectivity index (χ1) is 11.6. The summed E-state index contributed by atoms with van der Waals surface area (Å²) in [7, 11) is 0. The molecule has 4 aromatic rings. The van der Waals surface area contributed by atoms with Crippen molar-refractivity contribution in [3.05, 3.63) is 45.8 Å². The van der Waals surface area contributed by atoms with Crippen LogP contribution in [-0.4, -0.2) is 13.2 Å². The summed E-state index contributed by atoms with van der Waals surface area (Å²) in [4.78, 5) is 12.6. The van der Waals surface area contributed by atoms with E-state index in [1.54, 1.807) is 12.1 Å². The van der Waals surface area contributed by atoms with Crippen LogP contribution >= 0.6 is 0 Å². The molecule has 0 fully saturated rings. The van der Waals surface area contributed by atoms with Crippen molar-refractivity contribution >= 4 is 32.9 Å². The molecule has 0 unspecified atom stereocenters. The fourth-order valence-electron chi connectivity index (χ4n) is 3.46. The first-order valence-corrected chi connectivity index (χ1v) is 7.82. The smallest absolute Gasteiger partial charge is 0.348 e. The molecular weight excluding hydrogens is 308 g/mol. The Hall–Kier alpha value is -2.95. The summed E-state index contributed by atoms with van der Waals surface area (Å²) < 4.78 is 22.8. The predicted octanol–water partition coefficient (Wildman–Crippen LogP) is 4.08. The van der Waals surface area contributed by atoms with Crippen LogP contribution in [0.3, 0.4) is 0 Å². The van der Waals surface area contributed by atoms with Crippen LogP contribution in [0.15, 0.2) is 37.9 Å². The van der Waals surface area contributed by atoms with Crippen molar-refractivity contribution in [2.45, 2.75) is 13.8 Å². The van der Waals surface area contributed by atoms with Crippen LogP contribution in [0.25, 0.3) is 32.9 Å². The zero-order valence-corrected chi connectivity index (χ0v) is 13.3. The zero-order chi connectivity index (χ0) is 16.4. The van der Waals surface area contributed by atoms with E-state index in [0.717, 1.165) is 16.5 Å². The van der Waals surface area contributed by atoms with Gasteiger partial charge in [0.05, 0.1) is 5.39 Å². The van der Waals surface area contributed by atoms with Crippen LogP contribution in [0, 0.1) is 13.8 Å². The Morgan fingerprint density at radius 3 is 2.38 bits per heavy atom. The molecular formula is C19H14O5. The molecule has 2 aromatic carbocycles. The maximum atomic E-state index is 12.6. The Kier molecular flexibility index (Phi) is 2.55. The average Bonchev–Trinajstić information content (AvgIpc) is 2.90. The quantitative estimate of drug-likeness (QED) is 0.456. The second kappa shape index (κ2) is 4.54. The van der Waals surface area contributed by atoms with Gasteiger partial charge in [0.25, 0.3) is 0 Å². The summed E-state index contributed by atoms with van der Waals surface area (Å²) in [6, 6.07) is 7.47. The van der Waals surface area contributed by atoms with Crippen LogP contribution in [0.2, 0.25) is 0 Å². The molecule has 5 rings (SSSR count). The number of furan rings is 1. The molecule has 5 nitrogen and oxygen atoms in total.